The highest BCUT2D eigenvalue weighted by Crippen LogP contribution is 2.21. The van der Waals surface area contributed by atoms with Gasteiger partial charge in [-0.05, 0) is 30.9 Å². The summed E-state index contributed by atoms with van der Waals surface area (Å²) >= 11 is 0. The largest absolute Gasteiger partial charge is 0.462 e. The minimum atomic E-state index is -0.603. The van der Waals surface area contributed by atoms with Crippen LogP contribution in [0.25, 0.3) is 5.69 Å². The molecule has 0 atom stereocenters. The smallest absolute Gasteiger partial charge is 0.390 e. The first-order valence-corrected chi connectivity index (χ1v) is 9.20. The number of amides is 1. The van der Waals surface area contributed by atoms with E-state index in [1.807, 2.05) is 6.07 Å². The zero-order valence-electron chi connectivity index (χ0n) is 16.4. The first-order chi connectivity index (χ1) is 14.4. The Kier molecular flexibility index (Phi) is 6.20. The summed E-state index contributed by atoms with van der Waals surface area (Å²) < 4.78 is 7.87. The lowest BCUT2D eigenvalue weighted by atomic mass is 10.3. The number of nitro groups is 1. The molecule has 0 aliphatic rings. The molecule has 156 valence electrons. The van der Waals surface area contributed by atoms with Crippen LogP contribution in [0.1, 0.15) is 29.4 Å². The second-order valence-electron chi connectivity index (χ2n) is 6.30. The molecule has 3 aromatic rings. The highest BCUT2D eigenvalue weighted by Gasteiger charge is 2.22. The molecule has 0 spiro atoms. The molecule has 11 heteroatoms. The van der Waals surface area contributed by atoms with Crippen LogP contribution >= 0.6 is 0 Å². The third-order valence-corrected chi connectivity index (χ3v) is 4.23. The van der Waals surface area contributed by atoms with E-state index in [2.05, 4.69) is 15.5 Å². The third-order valence-electron chi connectivity index (χ3n) is 4.23. The van der Waals surface area contributed by atoms with Gasteiger partial charge in [0.1, 0.15) is 5.56 Å². The van der Waals surface area contributed by atoms with Gasteiger partial charge in [0.25, 0.3) is 0 Å². The molecule has 1 amide bonds. The van der Waals surface area contributed by atoms with Gasteiger partial charge in [0, 0.05) is 6.42 Å². The number of carbonyl (C=O) groups is 2. The lowest BCUT2D eigenvalue weighted by molar-refractivity contribution is -0.389. The molecule has 0 aliphatic carbocycles. The van der Waals surface area contributed by atoms with E-state index < -0.39 is 16.8 Å². The van der Waals surface area contributed by atoms with Gasteiger partial charge in [-0.25, -0.2) is 9.48 Å². The van der Waals surface area contributed by atoms with Gasteiger partial charge in [-0.3, -0.25) is 4.79 Å². The number of hydrogen-bond acceptors (Lipinski definition) is 7. The topological polar surface area (TPSA) is 134 Å². The molecular weight excluding hydrogens is 392 g/mol. The molecule has 3 rings (SSSR count). The molecule has 1 aromatic carbocycles. The van der Waals surface area contributed by atoms with E-state index in [9.17, 15) is 19.7 Å². The van der Waals surface area contributed by atoms with Gasteiger partial charge in [0.05, 0.1) is 41.9 Å². The molecule has 0 radical (unpaired) electrons. The summed E-state index contributed by atoms with van der Waals surface area (Å²) in [7, 11) is 0. The summed E-state index contributed by atoms with van der Waals surface area (Å²) in [4.78, 5) is 35.1. The molecule has 0 bridgehead atoms. The van der Waals surface area contributed by atoms with Crippen molar-refractivity contribution in [3.05, 3.63) is 64.0 Å². The summed E-state index contributed by atoms with van der Waals surface area (Å²) in [6.07, 6.45) is 1.32. The van der Waals surface area contributed by atoms with Crippen LogP contribution in [-0.2, 0) is 16.1 Å². The van der Waals surface area contributed by atoms with Crippen LogP contribution in [0.4, 0.5) is 11.6 Å². The van der Waals surface area contributed by atoms with Crippen molar-refractivity contribution in [3.8, 4) is 5.69 Å². The SMILES string of the molecule is CCOC(=O)c1cnn(-c2ccccc2)c1NC(=O)CCn1nc([N+](=O)[O-])cc1C. The van der Waals surface area contributed by atoms with Crippen molar-refractivity contribution in [1.82, 2.24) is 19.6 Å². The first kappa shape index (κ1) is 20.7. The number of carbonyl (C=O) groups excluding carboxylic acids is 2. The van der Waals surface area contributed by atoms with Gasteiger partial charge in [0.2, 0.25) is 5.91 Å². The number of aromatic nitrogens is 4. The van der Waals surface area contributed by atoms with Gasteiger partial charge >= 0.3 is 11.8 Å². The Labute approximate surface area is 171 Å². The van der Waals surface area contributed by atoms with Crippen molar-refractivity contribution in [2.75, 3.05) is 11.9 Å². The van der Waals surface area contributed by atoms with Crippen LogP contribution in [0, 0.1) is 17.0 Å². The summed E-state index contributed by atoms with van der Waals surface area (Å²) in [6, 6.07) is 10.3. The number of aryl methyl sites for hydroxylation is 2. The van der Waals surface area contributed by atoms with Crippen molar-refractivity contribution >= 4 is 23.5 Å². The molecular formula is C19H20N6O5. The Balaban J connectivity index is 1.80. The zero-order valence-corrected chi connectivity index (χ0v) is 16.4. The molecule has 0 saturated carbocycles. The van der Waals surface area contributed by atoms with Crippen molar-refractivity contribution in [2.45, 2.75) is 26.8 Å². The zero-order chi connectivity index (χ0) is 21.7. The number of para-hydroxylation sites is 1. The number of esters is 1. The van der Waals surface area contributed by atoms with Crippen molar-refractivity contribution in [3.63, 3.8) is 0 Å². The molecule has 1 N–H and O–H groups in total. The molecule has 0 fully saturated rings. The number of nitrogens with one attached hydrogen (secondary N) is 1. The number of benzene rings is 1. The second-order valence-corrected chi connectivity index (χ2v) is 6.30. The van der Waals surface area contributed by atoms with Crippen LogP contribution in [0.2, 0.25) is 0 Å². The first-order valence-electron chi connectivity index (χ1n) is 9.20. The van der Waals surface area contributed by atoms with E-state index in [1.54, 1.807) is 38.1 Å². The van der Waals surface area contributed by atoms with Crippen LogP contribution in [0.5, 0.6) is 0 Å². The van der Waals surface area contributed by atoms with E-state index in [-0.39, 0.29) is 36.8 Å². The maximum Gasteiger partial charge on any atom is 0.390 e. The maximum absolute atomic E-state index is 12.6. The minimum absolute atomic E-state index is 0.0120. The van der Waals surface area contributed by atoms with Gasteiger partial charge in [-0.1, -0.05) is 18.2 Å². The number of hydrogen-bond donors (Lipinski definition) is 1. The van der Waals surface area contributed by atoms with Gasteiger partial charge in [-0.2, -0.15) is 9.78 Å². The predicted molar refractivity (Wildman–Crippen MR) is 106 cm³/mol. The van der Waals surface area contributed by atoms with E-state index in [0.717, 1.165) is 0 Å². The van der Waals surface area contributed by atoms with E-state index in [0.29, 0.717) is 11.4 Å². The summed E-state index contributed by atoms with van der Waals surface area (Å²) in [5.41, 5.74) is 1.35. The third kappa shape index (κ3) is 4.51. The summed E-state index contributed by atoms with van der Waals surface area (Å²) in [6.45, 7) is 3.67. The number of ether oxygens (including phenoxy) is 1. The highest BCUT2D eigenvalue weighted by atomic mass is 16.6. The Morgan fingerprint density at radius 2 is 2.00 bits per heavy atom. The molecule has 0 aliphatic heterocycles. The number of rotatable bonds is 8. The molecule has 0 saturated heterocycles. The fourth-order valence-electron chi connectivity index (χ4n) is 2.80. The molecule has 11 nitrogen and oxygen atoms in total. The van der Waals surface area contributed by atoms with Crippen LogP contribution in [-0.4, -0.2) is 43.0 Å². The summed E-state index contributed by atoms with van der Waals surface area (Å²) in [5, 5.41) is 21.6. The Hall–Kier alpha value is -4.02. The highest BCUT2D eigenvalue weighted by molar-refractivity contribution is 6.00. The Morgan fingerprint density at radius 1 is 1.27 bits per heavy atom. The van der Waals surface area contributed by atoms with E-state index in [4.69, 9.17) is 4.74 Å². The average molecular weight is 412 g/mol. The van der Waals surface area contributed by atoms with Crippen molar-refractivity contribution < 1.29 is 19.2 Å². The normalized spacial score (nSPS) is 10.6. The van der Waals surface area contributed by atoms with Crippen LogP contribution in [0.3, 0.4) is 0 Å². The van der Waals surface area contributed by atoms with Gasteiger partial charge in [0.15, 0.2) is 5.82 Å². The molecule has 0 unspecified atom stereocenters. The maximum atomic E-state index is 12.6. The van der Waals surface area contributed by atoms with Crippen molar-refractivity contribution in [2.24, 2.45) is 0 Å². The van der Waals surface area contributed by atoms with Crippen molar-refractivity contribution in [1.29, 1.82) is 0 Å². The minimum Gasteiger partial charge on any atom is -0.462 e. The Bertz CT molecular complexity index is 1070. The molecule has 2 heterocycles. The van der Waals surface area contributed by atoms with E-state index in [1.165, 1.54) is 21.6 Å². The molecule has 2 aromatic heterocycles. The lowest BCUT2D eigenvalue weighted by Crippen LogP contribution is -2.20. The van der Waals surface area contributed by atoms with Crippen LogP contribution < -0.4 is 5.32 Å². The fourth-order valence-corrected chi connectivity index (χ4v) is 2.80. The van der Waals surface area contributed by atoms with E-state index >= 15 is 0 Å². The second kappa shape index (κ2) is 8.99. The lowest BCUT2D eigenvalue weighted by Gasteiger charge is -2.11. The quantitative estimate of drug-likeness (QED) is 0.341. The van der Waals surface area contributed by atoms with Crippen LogP contribution in [0.15, 0.2) is 42.6 Å². The summed E-state index contributed by atoms with van der Waals surface area (Å²) in [5.74, 6) is -1.10. The number of nitrogens with zero attached hydrogens (tertiary/aromatic N) is 5. The van der Waals surface area contributed by atoms with Gasteiger partial charge in [-0.15, -0.1) is 0 Å². The fraction of sp³-hybridized carbons (Fsp3) is 0.263. The number of anilines is 1. The van der Waals surface area contributed by atoms with Gasteiger partial charge < -0.3 is 20.2 Å². The standard InChI is InChI=1S/C19H20N6O5/c1-3-30-19(27)15-12-20-24(14-7-5-4-6-8-14)18(15)21-17(26)9-10-23-13(2)11-16(22-23)25(28)29/h4-8,11-12H,3,9-10H2,1-2H3,(H,21,26). The molecule has 30 heavy (non-hydrogen) atoms. The Morgan fingerprint density at radius 3 is 2.63 bits per heavy atom. The average Bonchev–Trinajstić information content (AvgIpc) is 3.31. The monoisotopic (exact) mass is 412 g/mol. The predicted octanol–water partition coefficient (Wildman–Crippen LogP) is 2.49.